The molecule has 0 spiro atoms. The van der Waals surface area contributed by atoms with E-state index in [-0.39, 0.29) is 11.9 Å². The molecular formula is C22H36N2O3. The summed E-state index contributed by atoms with van der Waals surface area (Å²) in [5.74, 6) is 0.0405. The van der Waals surface area contributed by atoms with Gasteiger partial charge in [-0.2, -0.15) is 0 Å². The van der Waals surface area contributed by atoms with E-state index < -0.39 is 6.10 Å². The van der Waals surface area contributed by atoms with Gasteiger partial charge in [-0.25, -0.2) is 0 Å². The monoisotopic (exact) mass is 376 g/mol. The smallest absolute Gasteiger partial charge is 0.220 e. The van der Waals surface area contributed by atoms with Crippen molar-refractivity contribution in [2.75, 3.05) is 32.8 Å². The molecule has 1 aromatic carbocycles. The van der Waals surface area contributed by atoms with Crippen LogP contribution < -0.4 is 5.32 Å². The highest BCUT2D eigenvalue weighted by Gasteiger charge is 2.26. The number of nitrogens with one attached hydrogen (secondary N) is 1. The topological polar surface area (TPSA) is 61.8 Å². The van der Waals surface area contributed by atoms with Crippen LogP contribution in [0.25, 0.3) is 0 Å². The van der Waals surface area contributed by atoms with E-state index in [1.54, 1.807) is 0 Å². The van der Waals surface area contributed by atoms with Crippen LogP contribution in [0.5, 0.6) is 0 Å². The number of amides is 1. The van der Waals surface area contributed by atoms with Crippen LogP contribution >= 0.6 is 0 Å². The van der Waals surface area contributed by atoms with Gasteiger partial charge in [0.15, 0.2) is 0 Å². The lowest BCUT2D eigenvalue weighted by Crippen LogP contribution is -2.49. The number of aliphatic hydroxyl groups is 1. The maximum Gasteiger partial charge on any atom is 0.220 e. The third-order valence-electron chi connectivity index (χ3n) is 5.18. The molecule has 0 bridgehead atoms. The number of carbonyl (C=O) groups excluding carboxylic acids is 1. The molecule has 2 N–H and O–H groups in total. The Hall–Kier alpha value is -1.43. The molecule has 0 saturated carbocycles. The quantitative estimate of drug-likeness (QED) is 0.550. The molecule has 27 heavy (non-hydrogen) atoms. The van der Waals surface area contributed by atoms with Crippen molar-refractivity contribution in [3.63, 3.8) is 0 Å². The molecule has 152 valence electrons. The average Bonchev–Trinajstić information content (AvgIpc) is 2.71. The van der Waals surface area contributed by atoms with Gasteiger partial charge >= 0.3 is 0 Å². The second kappa shape index (κ2) is 12.9. The molecule has 1 aliphatic heterocycles. The van der Waals surface area contributed by atoms with E-state index >= 15 is 0 Å². The van der Waals surface area contributed by atoms with E-state index in [0.717, 1.165) is 31.5 Å². The van der Waals surface area contributed by atoms with Crippen molar-refractivity contribution < 1.29 is 14.6 Å². The first-order valence-corrected chi connectivity index (χ1v) is 10.5. The fourth-order valence-electron chi connectivity index (χ4n) is 3.51. The minimum Gasteiger partial charge on any atom is -0.386 e. The summed E-state index contributed by atoms with van der Waals surface area (Å²) in [5.41, 5.74) is 0.843. The Morgan fingerprint density at radius 1 is 1.11 bits per heavy atom. The normalized spacial score (nSPS) is 17.4. The summed E-state index contributed by atoms with van der Waals surface area (Å²) in [6.45, 7) is 5.94. The van der Waals surface area contributed by atoms with E-state index in [9.17, 15) is 9.90 Å². The number of aliphatic hydroxyl groups excluding tert-OH is 1. The van der Waals surface area contributed by atoms with Gasteiger partial charge in [-0.05, 0) is 12.0 Å². The van der Waals surface area contributed by atoms with Crippen LogP contribution in [-0.4, -0.2) is 54.8 Å². The Morgan fingerprint density at radius 2 is 1.78 bits per heavy atom. The van der Waals surface area contributed by atoms with Crippen LogP contribution in [0, 0.1) is 0 Å². The molecule has 1 aromatic rings. The fourth-order valence-corrected chi connectivity index (χ4v) is 3.51. The van der Waals surface area contributed by atoms with E-state index in [4.69, 9.17) is 4.74 Å². The van der Waals surface area contributed by atoms with Crippen molar-refractivity contribution in [2.45, 2.75) is 64.0 Å². The highest BCUT2D eigenvalue weighted by atomic mass is 16.5. The largest absolute Gasteiger partial charge is 0.386 e. The van der Waals surface area contributed by atoms with E-state index in [0.29, 0.717) is 26.2 Å². The minimum absolute atomic E-state index is 0.0405. The number of hydrogen-bond acceptors (Lipinski definition) is 4. The highest BCUT2D eigenvalue weighted by molar-refractivity contribution is 5.76. The van der Waals surface area contributed by atoms with Crippen LogP contribution in [0.4, 0.5) is 0 Å². The SMILES string of the molecule is CCCCCCCCC(=O)N[C@@H](CN1CCOCC1)[C@@H](O)c1ccccc1. The molecule has 5 heteroatoms. The van der Waals surface area contributed by atoms with Crippen LogP contribution in [-0.2, 0) is 9.53 Å². The molecule has 0 aliphatic carbocycles. The van der Waals surface area contributed by atoms with Crippen molar-refractivity contribution in [2.24, 2.45) is 0 Å². The number of rotatable bonds is 12. The zero-order valence-electron chi connectivity index (χ0n) is 16.7. The summed E-state index contributed by atoms with van der Waals surface area (Å²) < 4.78 is 5.41. The van der Waals surface area contributed by atoms with Gasteiger partial charge in [0.05, 0.1) is 19.3 Å². The van der Waals surface area contributed by atoms with Gasteiger partial charge < -0.3 is 15.2 Å². The van der Waals surface area contributed by atoms with Gasteiger partial charge in [-0.3, -0.25) is 9.69 Å². The summed E-state index contributed by atoms with van der Waals surface area (Å²) in [7, 11) is 0. The molecule has 1 heterocycles. The summed E-state index contributed by atoms with van der Waals surface area (Å²) in [4.78, 5) is 14.7. The summed E-state index contributed by atoms with van der Waals surface area (Å²) in [6.07, 6.45) is 6.81. The van der Waals surface area contributed by atoms with Gasteiger partial charge in [0.1, 0.15) is 6.10 Å². The van der Waals surface area contributed by atoms with Crippen molar-refractivity contribution in [1.29, 1.82) is 0 Å². The molecule has 5 nitrogen and oxygen atoms in total. The third kappa shape index (κ3) is 8.41. The number of carbonyl (C=O) groups is 1. The second-order valence-corrected chi connectivity index (χ2v) is 7.46. The maximum atomic E-state index is 12.5. The van der Waals surface area contributed by atoms with Gasteiger partial charge in [0.25, 0.3) is 0 Å². The predicted octanol–water partition coefficient (Wildman–Crippen LogP) is 3.29. The molecular weight excluding hydrogens is 340 g/mol. The van der Waals surface area contributed by atoms with Crippen LogP contribution in [0.1, 0.15) is 63.5 Å². The summed E-state index contributed by atoms with van der Waals surface area (Å²) >= 11 is 0. The fraction of sp³-hybridized carbons (Fsp3) is 0.682. The summed E-state index contributed by atoms with van der Waals surface area (Å²) in [6, 6.07) is 9.29. The number of nitrogens with zero attached hydrogens (tertiary/aromatic N) is 1. The van der Waals surface area contributed by atoms with Crippen LogP contribution in [0.15, 0.2) is 30.3 Å². The molecule has 1 aliphatic rings. The number of ether oxygens (including phenoxy) is 1. The van der Waals surface area contributed by atoms with E-state index in [2.05, 4.69) is 17.1 Å². The summed E-state index contributed by atoms with van der Waals surface area (Å²) in [5, 5.41) is 13.9. The average molecular weight is 377 g/mol. The Morgan fingerprint density at radius 3 is 2.48 bits per heavy atom. The Labute approximate surface area is 164 Å². The lowest BCUT2D eigenvalue weighted by Gasteiger charge is -2.33. The second-order valence-electron chi connectivity index (χ2n) is 7.46. The van der Waals surface area contributed by atoms with Gasteiger partial charge in [0, 0.05) is 26.1 Å². The third-order valence-corrected chi connectivity index (χ3v) is 5.18. The molecule has 0 unspecified atom stereocenters. The maximum absolute atomic E-state index is 12.5. The standard InChI is InChI=1S/C22H36N2O3/c1-2-3-4-5-6-10-13-21(25)23-20(18-24-14-16-27-17-15-24)22(26)19-11-8-7-9-12-19/h7-9,11-12,20,22,26H,2-6,10,13-18H2,1H3,(H,23,25)/t20-,22-/m0/s1. The Kier molecular flexibility index (Phi) is 10.4. The minimum atomic E-state index is -0.706. The predicted molar refractivity (Wildman–Crippen MR) is 109 cm³/mol. The van der Waals surface area contributed by atoms with E-state index in [1.807, 2.05) is 30.3 Å². The molecule has 1 fully saturated rings. The first-order chi connectivity index (χ1) is 13.2. The van der Waals surface area contributed by atoms with Gasteiger partial charge in [-0.15, -0.1) is 0 Å². The van der Waals surface area contributed by atoms with Crippen molar-refractivity contribution in [1.82, 2.24) is 10.2 Å². The lowest BCUT2D eigenvalue weighted by atomic mass is 10.0. The first kappa shape index (κ1) is 21.9. The molecule has 1 amide bonds. The zero-order chi connectivity index (χ0) is 19.3. The van der Waals surface area contributed by atoms with Crippen molar-refractivity contribution >= 4 is 5.91 Å². The Balaban J connectivity index is 1.85. The van der Waals surface area contributed by atoms with Gasteiger partial charge in [-0.1, -0.05) is 69.4 Å². The lowest BCUT2D eigenvalue weighted by molar-refractivity contribution is -0.123. The van der Waals surface area contributed by atoms with Crippen LogP contribution in [0.2, 0.25) is 0 Å². The molecule has 0 aromatic heterocycles. The zero-order valence-corrected chi connectivity index (χ0v) is 16.7. The molecule has 0 radical (unpaired) electrons. The highest BCUT2D eigenvalue weighted by Crippen LogP contribution is 2.18. The van der Waals surface area contributed by atoms with Crippen molar-refractivity contribution in [3.05, 3.63) is 35.9 Å². The van der Waals surface area contributed by atoms with E-state index in [1.165, 1.54) is 25.7 Å². The molecule has 1 saturated heterocycles. The number of morpholine rings is 1. The molecule has 2 atom stereocenters. The number of benzene rings is 1. The molecule has 2 rings (SSSR count). The Bertz CT molecular complexity index is 518. The van der Waals surface area contributed by atoms with Crippen LogP contribution in [0.3, 0.4) is 0 Å². The van der Waals surface area contributed by atoms with Gasteiger partial charge in [0.2, 0.25) is 5.91 Å². The number of unbranched alkanes of at least 4 members (excludes halogenated alkanes) is 5. The van der Waals surface area contributed by atoms with Crippen molar-refractivity contribution in [3.8, 4) is 0 Å². The number of hydrogen-bond donors (Lipinski definition) is 2. The first-order valence-electron chi connectivity index (χ1n) is 10.5.